The molecule has 9 nitrogen and oxygen atoms in total. The zero-order chi connectivity index (χ0) is 23.0. The molecule has 0 aliphatic heterocycles. The van der Waals surface area contributed by atoms with Gasteiger partial charge >= 0.3 is 0 Å². The minimum Gasteiger partial charge on any atom is -0.382 e. The maximum absolute atomic E-state index is 14.2. The Kier molecular flexibility index (Phi) is 5.12. The fourth-order valence-electron chi connectivity index (χ4n) is 3.75. The third kappa shape index (κ3) is 3.95. The molecule has 1 aliphatic rings. The van der Waals surface area contributed by atoms with E-state index in [0.717, 1.165) is 19.3 Å². The van der Waals surface area contributed by atoms with Crippen LogP contribution < -0.4 is 11.1 Å². The van der Waals surface area contributed by atoms with Crippen LogP contribution in [0.5, 0.6) is 0 Å². The van der Waals surface area contributed by atoms with Gasteiger partial charge in [0.05, 0.1) is 18.4 Å². The van der Waals surface area contributed by atoms with Crippen molar-refractivity contribution < 1.29 is 13.7 Å². The number of amides is 1. The highest BCUT2D eigenvalue weighted by molar-refractivity contribution is 5.98. The highest BCUT2D eigenvalue weighted by Gasteiger charge is 2.48. The van der Waals surface area contributed by atoms with Gasteiger partial charge in [-0.15, -0.1) is 0 Å². The summed E-state index contributed by atoms with van der Waals surface area (Å²) >= 11 is 0. The molecule has 0 radical (unpaired) electrons. The number of anilines is 2. The normalized spacial score (nSPS) is 14.2. The molecule has 1 aromatic carbocycles. The van der Waals surface area contributed by atoms with E-state index in [1.807, 2.05) is 6.92 Å². The van der Waals surface area contributed by atoms with Crippen molar-refractivity contribution in [2.75, 3.05) is 11.1 Å². The smallest absolute Gasteiger partial charge is 0.230 e. The number of nitrogen functional groups attached to an aromatic ring is 1. The van der Waals surface area contributed by atoms with Gasteiger partial charge in [-0.05, 0) is 31.4 Å². The molecule has 168 valence electrons. The minimum atomic E-state index is -0.332. The van der Waals surface area contributed by atoms with Crippen molar-refractivity contribution in [3.8, 4) is 22.9 Å². The first-order chi connectivity index (χ1) is 16.0. The van der Waals surface area contributed by atoms with E-state index in [2.05, 4.69) is 25.5 Å². The summed E-state index contributed by atoms with van der Waals surface area (Å²) in [4.78, 5) is 21.2. The second-order valence-electron chi connectivity index (χ2n) is 8.13. The number of carbonyl (C=O) groups is 1. The Morgan fingerprint density at radius 3 is 2.76 bits per heavy atom. The molecule has 10 heteroatoms. The van der Waals surface area contributed by atoms with Gasteiger partial charge in [0.15, 0.2) is 11.6 Å². The first-order valence-corrected chi connectivity index (χ1v) is 10.7. The number of nitrogens with two attached hydrogens (primary N) is 1. The van der Waals surface area contributed by atoms with Crippen LogP contribution in [0.15, 0.2) is 53.4 Å². The Hall–Kier alpha value is -4.08. The number of rotatable bonds is 7. The number of benzene rings is 1. The lowest BCUT2D eigenvalue weighted by Crippen LogP contribution is -2.24. The van der Waals surface area contributed by atoms with Crippen molar-refractivity contribution >= 4 is 17.4 Å². The van der Waals surface area contributed by atoms with E-state index in [-0.39, 0.29) is 35.3 Å². The van der Waals surface area contributed by atoms with Gasteiger partial charge in [-0.3, -0.25) is 9.48 Å². The van der Waals surface area contributed by atoms with Gasteiger partial charge in [0.25, 0.3) is 0 Å². The molecule has 5 rings (SSSR count). The molecule has 0 unspecified atom stereocenters. The Morgan fingerprint density at radius 2 is 2.09 bits per heavy atom. The lowest BCUT2D eigenvalue weighted by Gasteiger charge is -2.13. The number of nitrogens with zero attached hydrogens (tertiary/aromatic N) is 5. The largest absolute Gasteiger partial charge is 0.382 e. The zero-order valence-corrected chi connectivity index (χ0v) is 18.0. The molecule has 1 aliphatic carbocycles. The second-order valence-corrected chi connectivity index (χ2v) is 8.13. The highest BCUT2D eigenvalue weighted by Crippen LogP contribution is 2.49. The van der Waals surface area contributed by atoms with E-state index in [1.165, 1.54) is 18.5 Å². The molecule has 33 heavy (non-hydrogen) atoms. The maximum atomic E-state index is 14.2. The highest BCUT2D eigenvalue weighted by atomic mass is 19.1. The predicted octanol–water partition coefficient (Wildman–Crippen LogP) is 3.89. The third-order valence-electron chi connectivity index (χ3n) is 6.07. The molecule has 0 atom stereocenters. The quantitative estimate of drug-likeness (QED) is 0.440. The molecule has 4 aromatic rings. The van der Waals surface area contributed by atoms with Gasteiger partial charge in [-0.1, -0.05) is 30.3 Å². The molecule has 1 saturated carbocycles. The van der Waals surface area contributed by atoms with Crippen molar-refractivity contribution in [3.05, 3.63) is 60.2 Å². The van der Waals surface area contributed by atoms with Crippen LogP contribution in [-0.2, 0) is 11.3 Å². The molecule has 0 saturated heterocycles. The molecule has 3 heterocycles. The molecule has 3 aromatic heterocycles. The molecule has 1 fully saturated rings. The monoisotopic (exact) mass is 447 g/mol. The van der Waals surface area contributed by atoms with E-state index in [4.69, 9.17) is 10.3 Å². The molecular weight excluding hydrogens is 425 g/mol. The van der Waals surface area contributed by atoms with E-state index in [9.17, 15) is 9.18 Å². The van der Waals surface area contributed by atoms with Crippen LogP contribution in [0.2, 0.25) is 0 Å². The molecule has 0 bridgehead atoms. The van der Waals surface area contributed by atoms with Gasteiger partial charge in [-0.2, -0.15) is 5.10 Å². The summed E-state index contributed by atoms with van der Waals surface area (Å²) in [5, 5.41) is 11.4. The van der Waals surface area contributed by atoms with Crippen molar-refractivity contribution in [3.63, 3.8) is 0 Å². The lowest BCUT2D eigenvalue weighted by atomic mass is 10.0. The summed E-state index contributed by atoms with van der Waals surface area (Å²) in [6.07, 6.45) is 5.45. The van der Waals surface area contributed by atoms with E-state index in [0.29, 0.717) is 28.3 Å². The molecule has 3 N–H and O–H groups in total. The van der Waals surface area contributed by atoms with Crippen molar-refractivity contribution in [2.45, 2.75) is 32.7 Å². The average molecular weight is 447 g/mol. The summed E-state index contributed by atoms with van der Waals surface area (Å²) in [7, 11) is 0. The summed E-state index contributed by atoms with van der Waals surface area (Å²) < 4.78 is 20.8. The van der Waals surface area contributed by atoms with E-state index >= 15 is 0 Å². The van der Waals surface area contributed by atoms with Gasteiger partial charge in [-0.25, -0.2) is 14.4 Å². The van der Waals surface area contributed by atoms with Crippen LogP contribution in [0.1, 0.15) is 31.7 Å². The fourth-order valence-corrected chi connectivity index (χ4v) is 3.75. The van der Waals surface area contributed by atoms with E-state index in [1.54, 1.807) is 35.0 Å². The number of carbonyl (C=O) groups excluding carboxylic acids is 1. The fraction of sp³-hybridized carbons (Fsp3) is 0.261. The Balaban J connectivity index is 1.46. The number of hydrogen-bond donors (Lipinski definition) is 2. The number of nitrogens with one attached hydrogen (secondary N) is 1. The van der Waals surface area contributed by atoms with E-state index < -0.39 is 0 Å². The van der Waals surface area contributed by atoms with Crippen LogP contribution in [0.25, 0.3) is 22.9 Å². The standard InChI is InChI=1S/C23H22FN7O2/c1-2-23(8-9-23)22(32)27-18-12-26-21(28-20(18)25)17-11-19(16-7-10-33-30-16)31(29-17)13-14-5-3-4-6-15(14)24/h3-7,10-12H,2,8-9,13H2,1H3,(H,27,32)(H2,25,26,28). The lowest BCUT2D eigenvalue weighted by molar-refractivity contribution is -0.121. The topological polar surface area (TPSA) is 125 Å². The maximum Gasteiger partial charge on any atom is 0.230 e. The predicted molar refractivity (Wildman–Crippen MR) is 119 cm³/mol. The Morgan fingerprint density at radius 1 is 1.27 bits per heavy atom. The average Bonchev–Trinajstić information content (AvgIpc) is 3.22. The van der Waals surface area contributed by atoms with Crippen LogP contribution >= 0.6 is 0 Å². The van der Waals surface area contributed by atoms with Crippen LogP contribution in [0.3, 0.4) is 0 Å². The van der Waals surface area contributed by atoms with Gasteiger partial charge < -0.3 is 15.6 Å². The zero-order valence-electron chi connectivity index (χ0n) is 18.0. The first-order valence-electron chi connectivity index (χ1n) is 10.7. The number of aromatic nitrogens is 5. The van der Waals surface area contributed by atoms with Gasteiger partial charge in [0.2, 0.25) is 5.91 Å². The summed E-state index contributed by atoms with van der Waals surface area (Å²) in [5.74, 6) is 0.0309. The summed E-state index contributed by atoms with van der Waals surface area (Å²) in [5.41, 5.74) is 8.24. The van der Waals surface area contributed by atoms with Gasteiger partial charge in [0, 0.05) is 17.0 Å². The van der Waals surface area contributed by atoms with Crippen molar-refractivity contribution in [1.82, 2.24) is 24.9 Å². The van der Waals surface area contributed by atoms with Crippen LogP contribution in [0, 0.1) is 11.2 Å². The molecular formula is C23H22FN7O2. The number of halogens is 1. The Bertz CT molecular complexity index is 1310. The molecule has 1 amide bonds. The Labute approximate surface area is 188 Å². The number of hydrogen-bond acceptors (Lipinski definition) is 7. The summed E-state index contributed by atoms with van der Waals surface area (Å²) in [6.45, 7) is 2.18. The van der Waals surface area contributed by atoms with Crippen LogP contribution in [-0.4, -0.2) is 30.8 Å². The van der Waals surface area contributed by atoms with Crippen LogP contribution in [0.4, 0.5) is 15.9 Å². The van der Waals surface area contributed by atoms with Crippen molar-refractivity contribution in [2.24, 2.45) is 5.41 Å². The molecule has 0 spiro atoms. The first kappa shape index (κ1) is 20.8. The third-order valence-corrected chi connectivity index (χ3v) is 6.07. The minimum absolute atomic E-state index is 0.0597. The summed E-state index contributed by atoms with van der Waals surface area (Å²) in [6, 6.07) is 9.92. The van der Waals surface area contributed by atoms with Gasteiger partial charge in [0.1, 0.15) is 29.2 Å². The van der Waals surface area contributed by atoms with Crippen molar-refractivity contribution in [1.29, 1.82) is 0 Å². The SMILES string of the molecule is CCC1(C(=O)Nc2cnc(-c3cc(-c4ccon4)n(Cc4ccccc4F)n3)nc2N)CC1. The second kappa shape index (κ2) is 8.12.